The Kier molecular flexibility index (Phi) is 6.64. The third-order valence-corrected chi connectivity index (χ3v) is 5.61. The van der Waals surface area contributed by atoms with Crippen molar-refractivity contribution in [2.24, 2.45) is 0 Å². The molecule has 2 heterocycles. The summed E-state index contributed by atoms with van der Waals surface area (Å²) in [5, 5.41) is 5.38. The second-order valence-electron chi connectivity index (χ2n) is 7.76. The molecule has 6 nitrogen and oxygen atoms in total. The number of carbonyl (C=O) groups excluding carboxylic acids is 1. The van der Waals surface area contributed by atoms with Crippen LogP contribution in [0.15, 0.2) is 48.5 Å². The predicted molar refractivity (Wildman–Crippen MR) is 117 cm³/mol. The van der Waals surface area contributed by atoms with Crippen LogP contribution in [0.5, 0.6) is 11.6 Å². The average molecular weight is 408 g/mol. The molecule has 0 bridgehead atoms. The molecular weight excluding hydrogens is 378 g/mol. The third kappa shape index (κ3) is 4.82. The second-order valence-corrected chi connectivity index (χ2v) is 7.76. The summed E-state index contributed by atoms with van der Waals surface area (Å²) < 4.78 is 12.6. The zero-order valence-corrected chi connectivity index (χ0v) is 17.5. The molecule has 1 saturated heterocycles. The number of likely N-dealkylation sites (tertiary alicyclic amines) is 1. The lowest BCUT2D eigenvalue weighted by molar-refractivity contribution is 0.0901. The number of nitrogens with zero attached hydrogens (tertiary/aromatic N) is 3. The Morgan fingerprint density at radius 2 is 1.80 bits per heavy atom. The van der Waals surface area contributed by atoms with Crippen LogP contribution in [0.3, 0.4) is 0 Å². The standard InChI is InChI=1S/C24H29N3O3/c1-29-20-12-10-19(11-13-20)18-23(28)27-22-9-4-3-8-21(22)24(25-27)30-17-7-16-26-14-5-2-6-15-26/h3-4,8-13H,2,5-7,14-18H2,1H3. The van der Waals surface area contributed by atoms with E-state index in [0.29, 0.717) is 12.5 Å². The Morgan fingerprint density at radius 3 is 2.57 bits per heavy atom. The fourth-order valence-electron chi connectivity index (χ4n) is 3.97. The van der Waals surface area contributed by atoms with Crippen LogP contribution in [0.25, 0.3) is 10.9 Å². The van der Waals surface area contributed by atoms with Crippen LogP contribution in [-0.4, -0.2) is 53.9 Å². The van der Waals surface area contributed by atoms with Crippen LogP contribution in [0, 0.1) is 0 Å². The summed E-state index contributed by atoms with van der Waals surface area (Å²) in [7, 11) is 1.63. The molecule has 0 amide bonds. The Labute approximate surface area is 177 Å². The van der Waals surface area contributed by atoms with Crippen molar-refractivity contribution in [2.75, 3.05) is 33.4 Å². The molecular formula is C24H29N3O3. The first-order valence-corrected chi connectivity index (χ1v) is 10.7. The van der Waals surface area contributed by atoms with E-state index >= 15 is 0 Å². The van der Waals surface area contributed by atoms with E-state index in [9.17, 15) is 4.79 Å². The molecule has 0 spiro atoms. The SMILES string of the molecule is COc1ccc(CC(=O)n2nc(OCCCN3CCCCC3)c3ccccc32)cc1. The lowest BCUT2D eigenvalue weighted by Crippen LogP contribution is -2.31. The smallest absolute Gasteiger partial charge is 0.251 e. The van der Waals surface area contributed by atoms with Crippen LogP contribution in [0.4, 0.5) is 0 Å². The summed E-state index contributed by atoms with van der Waals surface area (Å²) >= 11 is 0. The molecule has 6 heteroatoms. The highest BCUT2D eigenvalue weighted by molar-refractivity contribution is 5.94. The minimum Gasteiger partial charge on any atom is -0.497 e. The van der Waals surface area contributed by atoms with Gasteiger partial charge in [-0.05, 0) is 62.2 Å². The maximum Gasteiger partial charge on any atom is 0.251 e. The molecule has 1 aromatic heterocycles. The van der Waals surface area contributed by atoms with Crippen molar-refractivity contribution < 1.29 is 14.3 Å². The number of fused-ring (bicyclic) bond motifs is 1. The number of benzene rings is 2. The van der Waals surface area contributed by atoms with Gasteiger partial charge in [0.15, 0.2) is 0 Å². The summed E-state index contributed by atoms with van der Waals surface area (Å²) in [5.74, 6) is 1.22. The van der Waals surface area contributed by atoms with Crippen molar-refractivity contribution in [1.82, 2.24) is 14.7 Å². The summed E-state index contributed by atoms with van der Waals surface area (Å²) in [4.78, 5) is 15.4. The van der Waals surface area contributed by atoms with E-state index in [1.807, 2.05) is 48.5 Å². The van der Waals surface area contributed by atoms with Gasteiger partial charge in [-0.1, -0.05) is 30.7 Å². The zero-order valence-electron chi connectivity index (χ0n) is 17.5. The Hall–Kier alpha value is -2.86. The first kappa shape index (κ1) is 20.4. The quantitative estimate of drug-likeness (QED) is 0.524. The molecule has 3 aromatic rings. The number of hydrogen-bond acceptors (Lipinski definition) is 5. The number of ether oxygens (including phenoxy) is 2. The van der Waals surface area contributed by atoms with Crippen LogP contribution < -0.4 is 9.47 Å². The van der Waals surface area contributed by atoms with Crippen molar-refractivity contribution in [3.8, 4) is 11.6 Å². The Bertz CT molecular complexity index is 975. The molecule has 1 fully saturated rings. The van der Waals surface area contributed by atoms with E-state index < -0.39 is 0 Å². The third-order valence-electron chi connectivity index (χ3n) is 5.61. The highest BCUT2D eigenvalue weighted by Crippen LogP contribution is 2.25. The number of piperidine rings is 1. The Morgan fingerprint density at radius 1 is 1.03 bits per heavy atom. The van der Waals surface area contributed by atoms with Gasteiger partial charge in [-0.3, -0.25) is 4.79 Å². The van der Waals surface area contributed by atoms with Gasteiger partial charge >= 0.3 is 0 Å². The molecule has 30 heavy (non-hydrogen) atoms. The first-order valence-electron chi connectivity index (χ1n) is 10.7. The summed E-state index contributed by atoms with van der Waals surface area (Å²) in [6.07, 6.45) is 5.17. The van der Waals surface area contributed by atoms with Crippen molar-refractivity contribution >= 4 is 16.8 Å². The first-order chi connectivity index (χ1) is 14.7. The molecule has 0 atom stereocenters. The highest BCUT2D eigenvalue weighted by atomic mass is 16.5. The fourth-order valence-corrected chi connectivity index (χ4v) is 3.97. The van der Waals surface area contributed by atoms with Crippen LogP contribution >= 0.6 is 0 Å². The number of para-hydroxylation sites is 1. The molecule has 158 valence electrons. The number of rotatable bonds is 8. The highest BCUT2D eigenvalue weighted by Gasteiger charge is 2.17. The van der Waals surface area contributed by atoms with Crippen LogP contribution in [0.2, 0.25) is 0 Å². The molecule has 0 radical (unpaired) electrons. The van der Waals surface area contributed by atoms with E-state index in [4.69, 9.17) is 9.47 Å². The summed E-state index contributed by atoms with van der Waals surface area (Å²) in [5.41, 5.74) is 1.70. The van der Waals surface area contributed by atoms with Crippen LogP contribution in [0.1, 0.15) is 36.0 Å². The van der Waals surface area contributed by atoms with Gasteiger partial charge in [0.1, 0.15) is 5.75 Å². The maximum atomic E-state index is 12.9. The molecule has 2 aromatic carbocycles. The summed E-state index contributed by atoms with van der Waals surface area (Å²) in [6, 6.07) is 15.3. The minimum atomic E-state index is -0.0838. The number of hydrogen-bond donors (Lipinski definition) is 0. The fraction of sp³-hybridized carbons (Fsp3) is 0.417. The summed E-state index contributed by atoms with van der Waals surface area (Å²) in [6.45, 7) is 4.04. The van der Waals surface area contributed by atoms with Crippen LogP contribution in [-0.2, 0) is 6.42 Å². The number of aromatic nitrogens is 2. The topological polar surface area (TPSA) is 56.6 Å². The molecule has 0 N–H and O–H groups in total. The lowest BCUT2D eigenvalue weighted by Gasteiger charge is -2.26. The normalized spacial score (nSPS) is 14.7. The predicted octanol–water partition coefficient (Wildman–Crippen LogP) is 4.18. The van der Waals surface area contributed by atoms with Gasteiger partial charge in [-0.15, -0.1) is 5.10 Å². The maximum absolute atomic E-state index is 12.9. The monoisotopic (exact) mass is 407 g/mol. The minimum absolute atomic E-state index is 0.0838. The molecule has 4 rings (SSSR count). The van der Waals surface area contributed by atoms with E-state index in [-0.39, 0.29) is 12.3 Å². The lowest BCUT2D eigenvalue weighted by atomic mass is 10.1. The van der Waals surface area contributed by atoms with E-state index in [2.05, 4.69) is 10.00 Å². The molecule has 0 aliphatic carbocycles. The van der Waals surface area contributed by atoms with Gasteiger partial charge in [-0.2, -0.15) is 4.68 Å². The second kappa shape index (κ2) is 9.76. The molecule has 1 aliphatic heterocycles. The Balaban J connectivity index is 1.42. The van der Waals surface area contributed by atoms with Gasteiger partial charge in [0, 0.05) is 6.54 Å². The van der Waals surface area contributed by atoms with Gasteiger partial charge in [-0.25, -0.2) is 0 Å². The van der Waals surface area contributed by atoms with Crippen molar-refractivity contribution in [3.05, 3.63) is 54.1 Å². The zero-order chi connectivity index (χ0) is 20.8. The van der Waals surface area contributed by atoms with Crippen molar-refractivity contribution in [2.45, 2.75) is 32.1 Å². The number of carbonyl (C=O) groups is 1. The van der Waals surface area contributed by atoms with Gasteiger partial charge < -0.3 is 14.4 Å². The van der Waals surface area contributed by atoms with Gasteiger partial charge in [0.2, 0.25) is 5.88 Å². The van der Waals surface area contributed by atoms with E-state index in [1.165, 1.54) is 37.0 Å². The molecule has 0 saturated carbocycles. The largest absolute Gasteiger partial charge is 0.497 e. The molecule has 0 unspecified atom stereocenters. The van der Waals surface area contributed by atoms with E-state index in [0.717, 1.165) is 35.2 Å². The van der Waals surface area contributed by atoms with Crippen molar-refractivity contribution in [1.29, 1.82) is 0 Å². The van der Waals surface area contributed by atoms with E-state index in [1.54, 1.807) is 7.11 Å². The van der Waals surface area contributed by atoms with Crippen molar-refractivity contribution in [3.63, 3.8) is 0 Å². The average Bonchev–Trinajstić information content (AvgIpc) is 3.17. The molecule has 1 aliphatic rings. The van der Waals surface area contributed by atoms with Gasteiger partial charge in [0.05, 0.1) is 31.0 Å². The number of methoxy groups -OCH3 is 1. The van der Waals surface area contributed by atoms with Gasteiger partial charge in [0.25, 0.3) is 5.91 Å².